The Hall–Kier alpha value is -2.64. The maximum Gasteiger partial charge on any atom is 0.279 e. The van der Waals surface area contributed by atoms with Crippen LogP contribution in [-0.4, -0.2) is 34.4 Å². The summed E-state index contributed by atoms with van der Waals surface area (Å²) in [5, 5.41) is 1.02. The minimum atomic E-state index is -0.392. The third-order valence-corrected chi connectivity index (χ3v) is 3.26. The summed E-state index contributed by atoms with van der Waals surface area (Å²) in [5.41, 5.74) is 4.61. The standard InChI is InChI=1S/C15H13N3O3.ClH.H2O/c1-21-12-3-2-10-8-14(19)18(15(20)13(10)9-12)17-11-4-6-16-7-5-11;;/h2-7,9H,8H2,1H3,(H,16,17);1H;1H2. The number of halogens is 1. The predicted octanol–water partition coefficient (Wildman–Crippen LogP) is 1.24. The Morgan fingerprint density at radius 1 is 1.17 bits per heavy atom. The fourth-order valence-electron chi connectivity index (χ4n) is 2.18. The van der Waals surface area contributed by atoms with E-state index in [-0.39, 0.29) is 30.2 Å². The molecule has 0 unspecified atom stereocenters. The molecule has 23 heavy (non-hydrogen) atoms. The van der Waals surface area contributed by atoms with E-state index in [2.05, 4.69) is 10.4 Å². The number of nitrogens with one attached hydrogen (secondary N) is 1. The molecule has 2 amide bonds. The molecule has 1 aliphatic rings. The summed E-state index contributed by atoms with van der Waals surface area (Å²) in [6.07, 6.45) is 3.33. The number of methoxy groups -OCH3 is 1. The van der Waals surface area contributed by atoms with Crippen molar-refractivity contribution in [3.05, 3.63) is 53.9 Å². The topological polar surface area (TPSA) is 103 Å². The van der Waals surface area contributed by atoms with Gasteiger partial charge in [0.25, 0.3) is 11.8 Å². The zero-order chi connectivity index (χ0) is 14.8. The summed E-state index contributed by atoms with van der Waals surface area (Å²) in [6.45, 7) is 0. The highest BCUT2D eigenvalue weighted by molar-refractivity contribution is 6.10. The van der Waals surface area contributed by atoms with Crippen LogP contribution in [0.2, 0.25) is 0 Å². The van der Waals surface area contributed by atoms with Crippen LogP contribution in [0.15, 0.2) is 42.7 Å². The lowest BCUT2D eigenvalue weighted by Gasteiger charge is -2.27. The first-order valence-corrected chi connectivity index (χ1v) is 6.40. The third kappa shape index (κ3) is 3.58. The molecule has 0 saturated carbocycles. The molecule has 0 fully saturated rings. The Balaban J connectivity index is 0.00000132. The third-order valence-electron chi connectivity index (χ3n) is 3.26. The van der Waals surface area contributed by atoms with E-state index in [9.17, 15) is 9.59 Å². The van der Waals surface area contributed by atoms with E-state index >= 15 is 0 Å². The highest BCUT2D eigenvalue weighted by Crippen LogP contribution is 2.24. The predicted molar refractivity (Wildman–Crippen MR) is 86.6 cm³/mol. The molecule has 3 rings (SSSR count). The number of imide groups is 1. The minimum Gasteiger partial charge on any atom is -0.497 e. The number of nitrogens with zero attached hydrogens (tertiary/aromatic N) is 2. The molecular weight excluding hydrogens is 322 g/mol. The van der Waals surface area contributed by atoms with Gasteiger partial charge in [-0.05, 0) is 29.8 Å². The van der Waals surface area contributed by atoms with E-state index in [4.69, 9.17) is 4.74 Å². The molecule has 0 aliphatic carbocycles. The van der Waals surface area contributed by atoms with Gasteiger partial charge in [-0.1, -0.05) is 6.07 Å². The van der Waals surface area contributed by atoms with Crippen LogP contribution in [0.3, 0.4) is 0 Å². The Kier molecular flexibility index (Phi) is 6.06. The molecule has 1 aromatic heterocycles. The summed E-state index contributed by atoms with van der Waals surface area (Å²) in [6, 6.07) is 8.49. The molecule has 0 radical (unpaired) electrons. The van der Waals surface area contributed by atoms with Gasteiger partial charge in [0.2, 0.25) is 0 Å². The fourth-order valence-corrected chi connectivity index (χ4v) is 2.18. The van der Waals surface area contributed by atoms with Crippen LogP contribution in [0.1, 0.15) is 15.9 Å². The molecule has 1 aromatic carbocycles. The molecule has 3 N–H and O–H groups in total. The Labute approximate surface area is 139 Å². The van der Waals surface area contributed by atoms with Crippen molar-refractivity contribution in [1.29, 1.82) is 0 Å². The maximum absolute atomic E-state index is 12.5. The number of carbonyl (C=O) groups is 2. The van der Waals surface area contributed by atoms with Gasteiger partial charge in [0.05, 0.1) is 19.2 Å². The number of hydrazine groups is 1. The van der Waals surface area contributed by atoms with Crippen molar-refractivity contribution in [2.75, 3.05) is 12.5 Å². The molecule has 0 bridgehead atoms. The van der Waals surface area contributed by atoms with Crippen molar-refractivity contribution >= 4 is 29.9 Å². The zero-order valence-electron chi connectivity index (χ0n) is 12.3. The highest BCUT2D eigenvalue weighted by Gasteiger charge is 2.31. The summed E-state index contributed by atoms with van der Waals surface area (Å²) in [5.74, 6) is -0.105. The average molecular weight is 338 g/mol. The average Bonchev–Trinajstić information content (AvgIpc) is 2.52. The van der Waals surface area contributed by atoms with E-state index in [1.54, 1.807) is 42.7 Å². The normalized spacial score (nSPS) is 12.7. The largest absolute Gasteiger partial charge is 0.497 e. The van der Waals surface area contributed by atoms with Gasteiger partial charge in [-0.15, -0.1) is 12.4 Å². The lowest BCUT2D eigenvalue weighted by Crippen LogP contribution is -2.45. The quantitative estimate of drug-likeness (QED) is 0.849. The van der Waals surface area contributed by atoms with Crippen molar-refractivity contribution in [3.63, 3.8) is 0 Å². The molecule has 0 atom stereocenters. The Bertz CT molecular complexity index is 709. The van der Waals surface area contributed by atoms with Gasteiger partial charge in [-0.25, -0.2) is 0 Å². The summed E-state index contributed by atoms with van der Waals surface area (Å²) >= 11 is 0. The SMILES string of the molecule is COc1ccc2c(c1)C(=O)N(Nc1ccncc1)C(=O)C2.Cl.O. The highest BCUT2D eigenvalue weighted by atomic mass is 35.5. The van der Waals surface area contributed by atoms with Crippen LogP contribution in [0, 0.1) is 0 Å². The van der Waals surface area contributed by atoms with Gasteiger partial charge in [0.15, 0.2) is 0 Å². The van der Waals surface area contributed by atoms with Crippen molar-refractivity contribution in [3.8, 4) is 5.75 Å². The first kappa shape index (κ1) is 18.4. The van der Waals surface area contributed by atoms with Crippen LogP contribution in [0.25, 0.3) is 0 Å². The van der Waals surface area contributed by atoms with Crippen LogP contribution in [0.4, 0.5) is 5.69 Å². The molecule has 1 aliphatic heterocycles. The van der Waals surface area contributed by atoms with E-state index in [1.165, 1.54) is 7.11 Å². The number of aromatic nitrogens is 1. The molecule has 7 nitrogen and oxygen atoms in total. The minimum absolute atomic E-state index is 0. The Morgan fingerprint density at radius 2 is 1.87 bits per heavy atom. The van der Waals surface area contributed by atoms with Gasteiger partial charge >= 0.3 is 0 Å². The summed E-state index contributed by atoms with van der Waals surface area (Å²) < 4.78 is 5.12. The monoisotopic (exact) mass is 337 g/mol. The van der Waals surface area contributed by atoms with Gasteiger partial charge in [0, 0.05) is 18.0 Å². The van der Waals surface area contributed by atoms with Crippen molar-refractivity contribution in [1.82, 2.24) is 9.99 Å². The smallest absolute Gasteiger partial charge is 0.279 e. The number of fused-ring (bicyclic) bond motifs is 1. The first-order valence-electron chi connectivity index (χ1n) is 6.40. The zero-order valence-corrected chi connectivity index (χ0v) is 13.1. The second-order valence-electron chi connectivity index (χ2n) is 4.58. The lowest BCUT2D eigenvalue weighted by molar-refractivity contribution is -0.127. The lowest BCUT2D eigenvalue weighted by atomic mass is 9.99. The molecule has 2 heterocycles. The molecule has 122 valence electrons. The molecule has 0 saturated heterocycles. The first-order chi connectivity index (χ1) is 10.2. The number of anilines is 1. The fraction of sp³-hybridized carbons (Fsp3) is 0.133. The van der Waals surface area contributed by atoms with Crippen molar-refractivity contribution in [2.45, 2.75) is 6.42 Å². The van der Waals surface area contributed by atoms with Gasteiger partial charge in [0.1, 0.15) is 5.75 Å². The van der Waals surface area contributed by atoms with Crippen molar-refractivity contribution in [2.24, 2.45) is 0 Å². The van der Waals surface area contributed by atoms with Crippen molar-refractivity contribution < 1.29 is 19.8 Å². The molecule has 2 aromatic rings. The van der Waals surface area contributed by atoms with E-state index in [1.807, 2.05) is 0 Å². The summed E-state index contributed by atoms with van der Waals surface area (Å²) in [4.78, 5) is 28.5. The number of carbonyl (C=O) groups excluding carboxylic acids is 2. The number of pyridine rings is 1. The van der Waals surface area contributed by atoms with Crippen LogP contribution in [-0.2, 0) is 11.2 Å². The van der Waals surface area contributed by atoms with Crippen LogP contribution >= 0.6 is 12.4 Å². The van der Waals surface area contributed by atoms with E-state index in [0.29, 0.717) is 22.6 Å². The summed E-state index contributed by atoms with van der Waals surface area (Å²) in [7, 11) is 1.53. The number of ether oxygens (including phenoxy) is 1. The number of rotatable bonds is 3. The van der Waals surface area contributed by atoms with Gasteiger partial charge in [-0.2, -0.15) is 5.01 Å². The van der Waals surface area contributed by atoms with Crippen LogP contribution < -0.4 is 10.2 Å². The molecular formula is C15H16ClN3O4. The Morgan fingerprint density at radius 3 is 2.52 bits per heavy atom. The molecule has 8 heteroatoms. The maximum atomic E-state index is 12.5. The number of benzene rings is 1. The van der Waals surface area contributed by atoms with Crippen LogP contribution in [0.5, 0.6) is 5.75 Å². The van der Waals surface area contributed by atoms with Gasteiger partial charge < -0.3 is 10.2 Å². The van der Waals surface area contributed by atoms with Gasteiger partial charge in [-0.3, -0.25) is 20.0 Å². The number of hydrogen-bond donors (Lipinski definition) is 1. The number of amides is 2. The second-order valence-corrected chi connectivity index (χ2v) is 4.58. The van der Waals surface area contributed by atoms with E-state index in [0.717, 1.165) is 5.01 Å². The second kappa shape index (κ2) is 7.57. The molecule has 0 spiro atoms. The number of hydrogen-bond acceptors (Lipinski definition) is 5. The van der Waals surface area contributed by atoms with E-state index < -0.39 is 5.91 Å².